The van der Waals surface area contributed by atoms with Gasteiger partial charge in [-0.05, 0) is 74.3 Å². The highest BCUT2D eigenvalue weighted by Gasteiger charge is 2.17. The minimum Gasteiger partial charge on any atom is -0.490 e. The van der Waals surface area contributed by atoms with Gasteiger partial charge in [-0.15, -0.1) is 0 Å². The summed E-state index contributed by atoms with van der Waals surface area (Å²) in [7, 11) is 2.16. The molecule has 0 aromatic heterocycles. The third-order valence-corrected chi connectivity index (χ3v) is 5.61. The molecule has 4 nitrogen and oxygen atoms in total. The Labute approximate surface area is 192 Å². The lowest BCUT2D eigenvalue weighted by atomic mass is 10.0. The topological polar surface area (TPSA) is 41.6 Å². The lowest BCUT2D eigenvalue weighted by Crippen LogP contribution is -2.35. The van der Waals surface area contributed by atoms with Crippen LogP contribution in [0.1, 0.15) is 42.6 Å². The molecular weight excluding hydrogens is 396 g/mol. The third-order valence-electron chi connectivity index (χ3n) is 5.61. The van der Waals surface area contributed by atoms with Gasteiger partial charge >= 0.3 is 0 Å². The number of anilines is 1. The second kappa shape index (κ2) is 11.5. The van der Waals surface area contributed by atoms with Crippen molar-refractivity contribution in [3.8, 4) is 16.9 Å². The van der Waals surface area contributed by atoms with E-state index >= 15 is 0 Å². The molecule has 1 saturated heterocycles. The molecule has 1 N–H and O–H groups in total. The van der Waals surface area contributed by atoms with E-state index in [4.69, 9.17) is 4.74 Å². The number of likely N-dealkylation sites (tertiary alicyclic amines) is 1. The molecule has 32 heavy (non-hydrogen) atoms. The fourth-order valence-corrected chi connectivity index (χ4v) is 3.68. The first kappa shape index (κ1) is 23.6. The zero-order chi connectivity index (χ0) is 22.9. The highest BCUT2D eigenvalue weighted by atomic mass is 16.5. The number of nitrogens with zero attached hydrogens (tertiary/aromatic N) is 1. The molecule has 168 valence electrons. The molecule has 1 fully saturated rings. The van der Waals surface area contributed by atoms with Gasteiger partial charge in [0.25, 0.3) is 5.91 Å². The lowest BCUT2D eigenvalue weighted by molar-refractivity contribution is 0.102. The Bertz CT molecular complexity index is 971. The number of amides is 1. The van der Waals surface area contributed by atoms with Crippen LogP contribution in [0.3, 0.4) is 0 Å². The molecule has 1 aliphatic heterocycles. The second-order valence-electron chi connectivity index (χ2n) is 8.04. The quantitative estimate of drug-likeness (QED) is 0.508. The van der Waals surface area contributed by atoms with Crippen molar-refractivity contribution in [3.05, 3.63) is 83.9 Å². The molecular formula is C28H34N2O2. The van der Waals surface area contributed by atoms with E-state index in [2.05, 4.69) is 29.4 Å². The molecule has 1 aliphatic rings. The maximum Gasteiger partial charge on any atom is 0.255 e. The average Bonchev–Trinajstić information content (AvgIpc) is 2.83. The number of ether oxygens (including phenoxy) is 1. The molecule has 0 aliphatic carbocycles. The Kier molecular flexibility index (Phi) is 8.46. The smallest absolute Gasteiger partial charge is 0.255 e. The summed E-state index contributed by atoms with van der Waals surface area (Å²) >= 11 is 0. The molecule has 3 aromatic carbocycles. The first-order chi connectivity index (χ1) is 15.6. The number of carbonyl (C=O) groups is 1. The number of benzene rings is 3. The number of aryl methyl sites for hydroxylation is 1. The Morgan fingerprint density at radius 3 is 1.94 bits per heavy atom. The number of nitrogens with one attached hydrogen (secondary N) is 1. The van der Waals surface area contributed by atoms with Gasteiger partial charge in [0, 0.05) is 24.3 Å². The van der Waals surface area contributed by atoms with Crippen molar-refractivity contribution in [1.29, 1.82) is 0 Å². The lowest BCUT2D eigenvalue weighted by Gasteiger charge is -2.29. The minimum absolute atomic E-state index is 0.0989. The first-order valence-electron chi connectivity index (χ1n) is 11.5. The van der Waals surface area contributed by atoms with E-state index in [-0.39, 0.29) is 5.91 Å². The summed E-state index contributed by atoms with van der Waals surface area (Å²) in [6.07, 6.45) is 2.46. The van der Waals surface area contributed by atoms with Crippen LogP contribution in [-0.2, 0) is 0 Å². The molecule has 0 radical (unpaired) electrons. The van der Waals surface area contributed by atoms with Crippen LogP contribution in [0.5, 0.6) is 5.75 Å². The van der Waals surface area contributed by atoms with Gasteiger partial charge in [0.1, 0.15) is 11.9 Å². The SMILES string of the molecule is CC.Cc1ccc(C(=O)Nc2ccc(-c3ccc(OC4CCN(C)CC4)cc3)cc2)cc1. The molecule has 0 saturated carbocycles. The predicted octanol–water partition coefficient (Wildman–Crippen LogP) is 6.41. The largest absolute Gasteiger partial charge is 0.490 e. The average molecular weight is 431 g/mol. The molecule has 0 atom stereocenters. The Morgan fingerprint density at radius 1 is 0.844 bits per heavy atom. The van der Waals surface area contributed by atoms with Crippen molar-refractivity contribution < 1.29 is 9.53 Å². The van der Waals surface area contributed by atoms with Crippen LogP contribution >= 0.6 is 0 Å². The van der Waals surface area contributed by atoms with Gasteiger partial charge in [0.2, 0.25) is 0 Å². The summed E-state index contributed by atoms with van der Waals surface area (Å²) in [5, 5.41) is 2.95. The van der Waals surface area contributed by atoms with E-state index < -0.39 is 0 Å². The van der Waals surface area contributed by atoms with E-state index in [1.807, 2.05) is 81.4 Å². The molecule has 0 spiro atoms. The van der Waals surface area contributed by atoms with Gasteiger partial charge in [0.15, 0.2) is 0 Å². The van der Waals surface area contributed by atoms with Crippen molar-refractivity contribution in [2.75, 3.05) is 25.5 Å². The molecule has 1 amide bonds. The fraction of sp³-hybridized carbons (Fsp3) is 0.321. The fourth-order valence-electron chi connectivity index (χ4n) is 3.68. The van der Waals surface area contributed by atoms with Crippen molar-refractivity contribution >= 4 is 11.6 Å². The van der Waals surface area contributed by atoms with Crippen LogP contribution < -0.4 is 10.1 Å². The standard InChI is InChI=1S/C26H28N2O2.C2H6/c1-19-3-5-22(6-4-19)26(29)27-23-11-7-20(8-12-23)21-9-13-24(14-10-21)30-25-15-17-28(2)18-16-25;1-2/h3-14,25H,15-18H2,1-2H3,(H,27,29);1-2H3. The van der Waals surface area contributed by atoms with Gasteiger partial charge in [-0.2, -0.15) is 0 Å². The van der Waals surface area contributed by atoms with Crippen LogP contribution in [-0.4, -0.2) is 37.0 Å². The van der Waals surface area contributed by atoms with E-state index in [0.717, 1.165) is 54.1 Å². The summed E-state index contributed by atoms with van der Waals surface area (Å²) < 4.78 is 6.13. The zero-order valence-electron chi connectivity index (χ0n) is 19.6. The summed E-state index contributed by atoms with van der Waals surface area (Å²) in [6.45, 7) is 8.19. The molecule has 0 unspecified atom stereocenters. The number of piperidine rings is 1. The third kappa shape index (κ3) is 6.44. The number of rotatable bonds is 5. The van der Waals surface area contributed by atoms with Crippen LogP contribution in [0.15, 0.2) is 72.8 Å². The highest BCUT2D eigenvalue weighted by molar-refractivity contribution is 6.04. The number of hydrogen-bond donors (Lipinski definition) is 1. The Hall–Kier alpha value is -3.11. The number of hydrogen-bond acceptors (Lipinski definition) is 3. The molecule has 4 heteroatoms. The van der Waals surface area contributed by atoms with Gasteiger partial charge in [0.05, 0.1) is 0 Å². The summed E-state index contributed by atoms with van der Waals surface area (Å²) in [5.74, 6) is 0.827. The van der Waals surface area contributed by atoms with Gasteiger partial charge < -0.3 is 15.0 Å². The van der Waals surface area contributed by atoms with E-state index in [1.165, 1.54) is 0 Å². The zero-order valence-corrected chi connectivity index (χ0v) is 19.6. The molecule has 1 heterocycles. The summed E-state index contributed by atoms with van der Waals surface area (Å²) in [5.41, 5.74) is 4.81. The maximum absolute atomic E-state index is 12.4. The maximum atomic E-state index is 12.4. The van der Waals surface area contributed by atoms with E-state index in [1.54, 1.807) is 0 Å². The van der Waals surface area contributed by atoms with Crippen molar-refractivity contribution in [3.63, 3.8) is 0 Å². The van der Waals surface area contributed by atoms with Gasteiger partial charge in [-0.25, -0.2) is 0 Å². The second-order valence-corrected chi connectivity index (χ2v) is 8.04. The van der Waals surface area contributed by atoms with E-state index in [0.29, 0.717) is 11.7 Å². The van der Waals surface area contributed by atoms with Crippen LogP contribution in [0.25, 0.3) is 11.1 Å². The van der Waals surface area contributed by atoms with Gasteiger partial charge in [-0.1, -0.05) is 55.8 Å². The van der Waals surface area contributed by atoms with Crippen molar-refractivity contribution in [1.82, 2.24) is 4.90 Å². The Morgan fingerprint density at radius 2 is 1.38 bits per heavy atom. The Balaban J connectivity index is 0.00000141. The first-order valence-corrected chi connectivity index (χ1v) is 11.5. The number of carbonyl (C=O) groups excluding carboxylic acids is 1. The summed E-state index contributed by atoms with van der Waals surface area (Å²) in [4.78, 5) is 14.7. The minimum atomic E-state index is -0.0989. The normalized spacial score (nSPS) is 14.2. The van der Waals surface area contributed by atoms with E-state index in [9.17, 15) is 4.79 Å². The van der Waals surface area contributed by atoms with Crippen molar-refractivity contribution in [2.24, 2.45) is 0 Å². The van der Waals surface area contributed by atoms with Crippen LogP contribution in [0, 0.1) is 6.92 Å². The molecule has 4 rings (SSSR count). The predicted molar refractivity (Wildman–Crippen MR) is 134 cm³/mol. The summed E-state index contributed by atoms with van der Waals surface area (Å²) in [6, 6.07) is 23.7. The van der Waals surface area contributed by atoms with Crippen molar-refractivity contribution in [2.45, 2.75) is 39.7 Å². The van der Waals surface area contributed by atoms with Crippen LogP contribution in [0.2, 0.25) is 0 Å². The van der Waals surface area contributed by atoms with Crippen LogP contribution in [0.4, 0.5) is 5.69 Å². The monoisotopic (exact) mass is 430 g/mol. The molecule has 3 aromatic rings. The molecule has 0 bridgehead atoms. The van der Waals surface area contributed by atoms with Gasteiger partial charge in [-0.3, -0.25) is 4.79 Å². The highest BCUT2D eigenvalue weighted by Crippen LogP contribution is 2.26.